The number of aromatic nitrogens is 3. The molecule has 0 fully saturated rings. The number of benzene rings is 1. The van der Waals surface area contributed by atoms with Crippen molar-refractivity contribution >= 4 is 24.0 Å². The molecule has 0 aliphatic heterocycles. The predicted octanol–water partition coefficient (Wildman–Crippen LogP) is 1.45. The highest BCUT2D eigenvalue weighted by Gasteiger charge is 2.03. The molecule has 0 saturated carbocycles. The van der Waals surface area contributed by atoms with Crippen molar-refractivity contribution in [2.75, 3.05) is 12.4 Å². The van der Waals surface area contributed by atoms with E-state index in [4.69, 9.17) is 0 Å². The van der Waals surface area contributed by atoms with Gasteiger partial charge in [0.2, 0.25) is 5.91 Å². The number of hydrogen-bond donors (Lipinski definition) is 2. The van der Waals surface area contributed by atoms with Gasteiger partial charge in [-0.05, 0) is 24.7 Å². The van der Waals surface area contributed by atoms with Crippen LogP contribution in [0.15, 0.2) is 36.9 Å². The van der Waals surface area contributed by atoms with Crippen LogP contribution in [0.5, 0.6) is 0 Å². The normalized spacial score (nSPS) is 9.85. The fraction of sp³-hybridized carbons (Fsp3) is 0.308. The summed E-state index contributed by atoms with van der Waals surface area (Å²) >= 11 is 0. The standard InChI is InChI=1S/C13H17N5O.ClH/c1-14-8-11-3-2-4-12(7-11)17-13(19)5-6-18-10-15-9-16-18;/h2-4,7,9-10,14H,5-6,8H2,1H3,(H,17,19);1H. The number of amides is 1. The van der Waals surface area contributed by atoms with Gasteiger partial charge in [0.1, 0.15) is 12.7 Å². The first kappa shape index (κ1) is 16.1. The number of nitrogens with one attached hydrogen (secondary N) is 2. The summed E-state index contributed by atoms with van der Waals surface area (Å²) in [6.07, 6.45) is 3.43. The van der Waals surface area contributed by atoms with Crippen LogP contribution in [0.25, 0.3) is 0 Å². The summed E-state index contributed by atoms with van der Waals surface area (Å²) in [5.41, 5.74) is 1.95. The maximum Gasteiger partial charge on any atom is 0.226 e. The fourth-order valence-corrected chi connectivity index (χ4v) is 1.75. The largest absolute Gasteiger partial charge is 0.326 e. The van der Waals surface area contributed by atoms with E-state index in [9.17, 15) is 4.79 Å². The first-order valence-electron chi connectivity index (χ1n) is 6.14. The van der Waals surface area contributed by atoms with E-state index < -0.39 is 0 Å². The molecule has 0 unspecified atom stereocenters. The molecular weight excluding hydrogens is 278 g/mol. The van der Waals surface area contributed by atoms with E-state index in [1.165, 1.54) is 6.33 Å². The molecule has 0 aliphatic carbocycles. The zero-order valence-corrected chi connectivity index (χ0v) is 12.1. The summed E-state index contributed by atoms with van der Waals surface area (Å²) in [6.45, 7) is 1.31. The van der Waals surface area contributed by atoms with Gasteiger partial charge in [0.15, 0.2) is 0 Å². The molecular formula is C13H18ClN5O. The maximum absolute atomic E-state index is 11.8. The third kappa shape index (κ3) is 4.99. The van der Waals surface area contributed by atoms with Crippen LogP contribution in [0, 0.1) is 0 Å². The molecule has 1 amide bonds. The van der Waals surface area contributed by atoms with Crippen molar-refractivity contribution in [3.8, 4) is 0 Å². The van der Waals surface area contributed by atoms with E-state index in [1.807, 2.05) is 31.3 Å². The number of carbonyl (C=O) groups excluding carboxylic acids is 1. The maximum atomic E-state index is 11.8. The van der Waals surface area contributed by atoms with E-state index in [1.54, 1.807) is 11.0 Å². The fourth-order valence-electron chi connectivity index (χ4n) is 1.75. The molecule has 2 aromatic rings. The molecule has 0 saturated heterocycles. The molecule has 20 heavy (non-hydrogen) atoms. The molecule has 2 rings (SSSR count). The monoisotopic (exact) mass is 295 g/mol. The quantitative estimate of drug-likeness (QED) is 0.846. The van der Waals surface area contributed by atoms with E-state index in [-0.39, 0.29) is 18.3 Å². The molecule has 7 heteroatoms. The van der Waals surface area contributed by atoms with Crippen molar-refractivity contribution in [2.24, 2.45) is 0 Å². The van der Waals surface area contributed by atoms with E-state index in [0.29, 0.717) is 13.0 Å². The summed E-state index contributed by atoms with van der Waals surface area (Å²) in [5, 5.41) is 9.90. The minimum atomic E-state index is -0.0305. The number of halogens is 1. The van der Waals surface area contributed by atoms with Crippen LogP contribution < -0.4 is 10.6 Å². The lowest BCUT2D eigenvalue weighted by molar-refractivity contribution is -0.116. The predicted molar refractivity (Wildman–Crippen MR) is 79.7 cm³/mol. The van der Waals surface area contributed by atoms with Gasteiger partial charge in [-0.2, -0.15) is 5.10 Å². The molecule has 0 atom stereocenters. The average molecular weight is 296 g/mol. The van der Waals surface area contributed by atoms with Crippen LogP contribution in [-0.2, 0) is 17.9 Å². The highest BCUT2D eigenvalue weighted by atomic mass is 35.5. The van der Waals surface area contributed by atoms with E-state index in [2.05, 4.69) is 20.7 Å². The Morgan fingerprint density at radius 2 is 2.25 bits per heavy atom. The van der Waals surface area contributed by atoms with Gasteiger partial charge in [0.25, 0.3) is 0 Å². The van der Waals surface area contributed by atoms with Crippen LogP contribution in [0.2, 0.25) is 0 Å². The molecule has 6 nitrogen and oxygen atoms in total. The minimum Gasteiger partial charge on any atom is -0.326 e. The van der Waals surface area contributed by atoms with Crippen LogP contribution in [0.3, 0.4) is 0 Å². The summed E-state index contributed by atoms with van der Waals surface area (Å²) in [4.78, 5) is 15.6. The number of hydrogen-bond acceptors (Lipinski definition) is 4. The van der Waals surface area contributed by atoms with Gasteiger partial charge in [-0.15, -0.1) is 12.4 Å². The van der Waals surface area contributed by atoms with Crippen LogP contribution >= 0.6 is 12.4 Å². The Morgan fingerprint density at radius 1 is 1.40 bits per heavy atom. The third-order valence-corrected chi connectivity index (χ3v) is 2.63. The second kappa shape index (κ2) is 8.29. The van der Waals surface area contributed by atoms with Gasteiger partial charge < -0.3 is 10.6 Å². The first-order valence-corrected chi connectivity index (χ1v) is 6.14. The Labute approximate surface area is 124 Å². The highest BCUT2D eigenvalue weighted by molar-refractivity contribution is 5.90. The van der Waals surface area contributed by atoms with Gasteiger partial charge in [0.05, 0.1) is 6.54 Å². The Kier molecular flexibility index (Phi) is 6.69. The number of rotatable bonds is 6. The lowest BCUT2D eigenvalue weighted by atomic mass is 10.2. The van der Waals surface area contributed by atoms with Crippen molar-refractivity contribution in [2.45, 2.75) is 19.5 Å². The van der Waals surface area contributed by atoms with Crippen molar-refractivity contribution in [3.63, 3.8) is 0 Å². The Bertz CT molecular complexity index is 529. The zero-order chi connectivity index (χ0) is 13.5. The number of carbonyl (C=O) groups is 1. The first-order chi connectivity index (χ1) is 9.28. The summed E-state index contributed by atoms with van der Waals surface area (Å²) in [7, 11) is 1.89. The van der Waals surface area contributed by atoms with Gasteiger partial charge >= 0.3 is 0 Å². The number of nitrogens with zero attached hydrogens (tertiary/aromatic N) is 3. The molecule has 1 aromatic carbocycles. The Morgan fingerprint density at radius 3 is 2.95 bits per heavy atom. The smallest absolute Gasteiger partial charge is 0.226 e. The molecule has 2 N–H and O–H groups in total. The minimum absolute atomic E-state index is 0. The topological polar surface area (TPSA) is 71.8 Å². The number of aryl methyl sites for hydroxylation is 1. The molecule has 0 radical (unpaired) electrons. The second-order valence-electron chi connectivity index (χ2n) is 4.19. The lowest BCUT2D eigenvalue weighted by Crippen LogP contribution is -2.15. The Balaban J connectivity index is 0.00000200. The summed E-state index contributed by atoms with van der Waals surface area (Å²) < 4.78 is 1.64. The molecule has 0 bridgehead atoms. The van der Waals surface area contributed by atoms with Gasteiger partial charge in [-0.3, -0.25) is 9.48 Å². The third-order valence-electron chi connectivity index (χ3n) is 2.63. The molecule has 108 valence electrons. The molecule has 0 spiro atoms. The van der Waals surface area contributed by atoms with Gasteiger partial charge in [-0.1, -0.05) is 12.1 Å². The van der Waals surface area contributed by atoms with Crippen molar-refractivity contribution in [1.29, 1.82) is 0 Å². The van der Waals surface area contributed by atoms with E-state index >= 15 is 0 Å². The molecule has 0 aliphatic rings. The van der Waals surface area contributed by atoms with Gasteiger partial charge in [0, 0.05) is 18.7 Å². The summed E-state index contributed by atoms with van der Waals surface area (Å²) in [6, 6.07) is 7.79. The SMILES string of the molecule is CNCc1cccc(NC(=O)CCn2cncn2)c1.Cl. The summed E-state index contributed by atoms with van der Waals surface area (Å²) in [5.74, 6) is -0.0305. The van der Waals surface area contributed by atoms with Gasteiger partial charge in [-0.25, -0.2) is 4.98 Å². The second-order valence-corrected chi connectivity index (χ2v) is 4.19. The lowest BCUT2D eigenvalue weighted by Gasteiger charge is -2.07. The van der Waals surface area contributed by atoms with Crippen molar-refractivity contribution < 1.29 is 4.79 Å². The van der Waals surface area contributed by atoms with Crippen LogP contribution in [0.1, 0.15) is 12.0 Å². The van der Waals surface area contributed by atoms with Crippen molar-refractivity contribution in [1.82, 2.24) is 20.1 Å². The Hall–Kier alpha value is -1.92. The zero-order valence-electron chi connectivity index (χ0n) is 11.2. The molecule has 1 heterocycles. The van der Waals surface area contributed by atoms with Crippen LogP contribution in [0.4, 0.5) is 5.69 Å². The average Bonchev–Trinajstić information content (AvgIpc) is 2.90. The molecule has 1 aromatic heterocycles. The highest BCUT2D eigenvalue weighted by Crippen LogP contribution is 2.10. The van der Waals surface area contributed by atoms with E-state index in [0.717, 1.165) is 17.8 Å². The number of anilines is 1. The van der Waals surface area contributed by atoms with Crippen LogP contribution in [-0.4, -0.2) is 27.7 Å². The van der Waals surface area contributed by atoms with Crippen molar-refractivity contribution in [3.05, 3.63) is 42.5 Å².